The Bertz CT molecular complexity index is 1670. The summed E-state index contributed by atoms with van der Waals surface area (Å²) < 4.78 is 5.52. The number of nitrogens with zero attached hydrogens (tertiary/aromatic N) is 5. The van der Waals surface area contributed by atoms with Crippen LogP contribution in [0.5, 0.6) is 0 Å². The molecule has 0 bridgehead atoms. The first-order valence-electron chi connectivity index (χ1n) is 16.6. The minimum absolute atomic E-state index is 0.263. The highest BCUT2D eigenvalue weighted by molar-refractivity contribution is 5.76. The van der Waals surface area contributed by atoms with Gasteiger partial charge in [0.05, 0.1) is 4.92 Å². The second-order valence-corrected chi connectivity index (χ2v) is 12.4. The second-order valence-electron chi connectivity index (χ2n) is 12.4. The summed E-state index contributed by atoms with van der Waals surface area (Å²) in [5.74, 6) is 0. The first kappa shape index (κ1) is 25.5. The Morgan fingerprint density at radius 1 is 0.512 bits per heavy atom. The summed E-state index contributed by atoms with van der Waals surface area (Å²) in [7, 11) is 0. The van der Waals surface area contributed by atoms with Crippen molar-refractivity contribution in [3.05, 3.63) is 78.0 Å². The normalized spacial score (nSPS) is 25.9. The average molecular weight is 549 g/mol. The molecule has 0 radical (unpaired) electrons. The van der Waals surface area contributed by atoms with Crippen molar-refractivity contribution in [2.45, 2.75) is 119 Å². The average Bonchev–Trinajstić information content (AvgIpc) is 3.69. The number of rotatable bonds is 8. The fourth-order valence-corrected chi connectivity index (χ4v) is 9.81. The second kappa shape index (κ2) is 8.44. The van der Waals surface area contributed by atoms with Gasteiger partial charge in [0.15, 0.2) is 0 Å². The van der Waals surface area contributed by atoms with Gasteiger partial charge in [-0.05, 0) is 120 Å². The van der Waals surface area contributed by atoms with Crippen LogP contribution in [-0.2, 0) is 25.7 Å². The summed E-state index contributed by atoms with van der Waals surface area (Å²) >= 11 is 0. The summed E-state index contributed by atoms with van der Waals surface area (Å²) in [6.07, 6.45) is 19.0. The van der Waals surface area contributed by atoms with E-state index in [0.717, 1.165) is 51.4 Å². The summed E-state index contributed by atoms with van der Waals surface area (Å²) in [6.45, 7) is 19.0. The van der Waals surface area contributed by atoms with Gasteiger partial charge < -0.3 is 0 Å². The number of hydrogen-bond donors (Lipinski definition) is 0. The highest BCUT2D eigenvalue weighted by Crippen LogP contribution is 2.55. The van der Waals surface area contributed by atoms with E-state index in [0.29, 0.717) is 4.92 Å². The minimum atomic E-state index is 0.263. The van der Waals surface area contributed by atoms with E-state index in [-0.39, 0.29) is 12.1 Å². The quantitative estimate of drug-likeness (QED) is 0.367. The van der Waals surface area contributed by atoms with E-state index >= 15 is 0 Å². The van der Waals surface area contributed by atoms with Crippen LogP contribution in [0, 0.1) is 0 Å². The van der Waals surface area contributed by atoms with Crippen molar-refractivity contribution >= 4 is 24.3 Å². The minimum Gasteiger partial charge on any atom is -0.137 e. The third-order valence-corrected chi connectivity index (χ3v) is 11.2. The maximum Gasteiger partial charge on any atom is 0.130 e. The largest absolute Gasteiger partial charge is 0.137 e. The maximum atomic E-state index is 2.82. The third-order valence-electron chi connectivity index (χ3n) is 11.2. The van der Waals surface area contributed by atoms with Gasteiger partial charge in [-0.15, -0.1) is 19.4 Å². The molecule has 5 heteroatoms. The van der Waals surface area contributed by atoms with Gasteiger partial charge in [0.2, 0.25) is 0 Å². The SMILES string of the molecule is CCC1=C(CC)C2C=c3c(CC)c(CC)c4n3[N+]35N2C1=Cc1c(CC)c(CC)c(n13)C=C1C(CC)=C(CC)C(C=4)N15. The lowest BCUT2D eigenvalue weighted by atomic mass is 9.97. The Balaban J connectivity index is 1.66. The van der Waals surface area contributed by atoms with Gasteiger partial charge in [-0.25, -0.2) is 0 Å². The van der Waals surface area contributed by atoms with Gasteiger partial charge in [-0.3, -0.25) is 0 Å². The number of allylic oxidation sites excluding steroid dienone is 2. The summed E-state index contributed by atoms with van der Waals surface area (Å²) in [4.78, 5) is 0.606. The van der Waals surface area contributed by atoms with Crippen LogP contribution in [0.25, 0.3) is 24.3 Å². The van der Waals surface area contributed by atoms with Gasteiger partial charge in [0.1, 0.15) is 45.6 Å². The Labute approximate surface area is 245 Å². The molecule has 6 aliphatic heterocycles. The zero-order valence-electron chi connectivity index (χ0n) is 26.4. The standard InChI is InChI=1S/C36H46N5/c1-9-21-22(10-2)30-18-32-25(13-5)26(14-6)34-20-36-28(16-8)27(15-7)35-19-33-24(12-4)23(11-3)31-17-29(21)37(30)41(38(31)33,39(32)34)40(35)36/h17-20,29,35H,9-16H2,1-8H3/q+1. The molecule has 2 aromatic rings. The summed E-state index contributed by atoms with van der Waals surface area (Å²) in [5, 5.41) is 8.54. The molecule has 214 valence electrons. The van der Waals surface area contributed by atoms with Crippen molar-refractivity contribution < 1.29 is 0 Å². The molecule has 1 spiro atoms. The van der Waals surface area contributed by atoms with E-state index in [2.05, 4.69) is 99.1 Å². The molecule has 0 saturated heterocycles. The van der Waals surface area contributed by atoms with Gasteiger partial charge in [-0.1, -0.05) is 55.4 Å². The number of hydrogen-bond acceptors (Lipinski definition) is 2. The van der Waals surface area contributed by atoms with E-state index < -0.39 is 0 Å². The number of quaternary nitrogens is 1. The van der Waals surface area contributed by atoms with E-state index in [9.17, 15) is 0 Å². The van der Waals surface area contributed by atoms with Crippen LogP contribution in [0.4, 0.5) is 0 Å². The lowest BCUT2D eigenvalue weighted by Gasteiger charge is -2.57. The zero-order valence-corrected chi connectivity index (χ0v) is 26.4. The van der Waals surface area contributed by atoms with Crippen LogP contribution in [0.1, 0.15) is 115 Å². The van der Waals surface area contributed by atoms with Crippen LogP contribution in [-0.4, -0.2) is 31.5 Å². The lowest BCUT2D eigenvalue weighted by molar-refractivity contribution is -0.272. The molecule has 8 rings (SSSR count). The topological polar surface area (TPSA) is 16.3 Å². The van der Waals surface area contributed by atoms with Crippen LogP contribution in [0.2, 0.25) is 0 Å². The lowest BCUT2D eigenvalue weighted by Crippen LogP contribution is -2.87. The van der Waals surface area contributed by atoms with E-state index in [1.165, 1.54) is 44.6 Å². The molecule has 0 fully saturated rings. The maximum absolute atomic E-state index is 2.82. The van der Waals surface area contributed by atoms with Gasteiger partial charge >= 0.3 is 0 Å². The fourth-order valence-electron chi connectivity index (χ4n) is 9.81. The predicted octanol–water partition coefficient (Wildman–Crippen LogP) is 6.17. The highest BCUT2D eigenvalue weighted by Gasteiger charge is 2.67. The Kier molecular flexibility index (Phi) is 5.25. The van der Waals surface area contributed by atoms with Crippen molar-refractivity contribution in [3.8, 4) is 0 Å². The van der Waals surface area contributed by atoms with Gasteiger partial charge in [-0.2, -0.15) is 0 Å². The van der Waals surface area contributed by atoms with Crippen molar-refractivity contribution in [1.82, 2.24) is 24.3 Å². The van der Waals surface area contributed by atoms with E-state index in [4.69, 9.17) is 0 Å². The van der Waals surface area contributed by atoms with E-state index in [1.54, 1.807) is 33.4 Å². The van der Waals surface area contributed by atoms with Crippen molar-refractivity contribution in [1.29, 1.82) is 0 Å². The molecular weight excluding hydrogens is 502 g/mol. The van der Waals surface area contributed by atoms with Crippen molar-refractivity contribution in [2.75, 3.05) is 0 Å². The summed E-state index contributed by atoms with van der Waals surface area (Å²) in [5.41, 5.74) is 18.3. The third kappa shape index (κ3) is 2.53. The molecule has 41 heavy (non-hydrogen) atoms. The van der Waals surface area contributed by atoms with Crippen LogP contribution in [0.3, 0.4) is 0 Å². The van der Waals surface area contributed by atoms with Gasteiger partial charge in [0, 0.05) is 0 Å². The Morgan fingerprint density at radius 3 is 1.27 bits per heavy atom. The van der Waals surface area contributed by atoms with Crippen molar-refractivity contribution in [2.24, 2.45) is 0 Å². The molecule has 8 heterocycles. The molecule has 0 aliphatic carbocycles. The van der Waals surface area contributed by atoms with Crippen LogP contribution >= 0.6 is 0 Å². The molecule has 2 atom stereocenters. The molecular formula is C36H46N5+. The van der Waals surface area contributed by atoms with Gasteiger partial charge in [0.25, 0.3) is 0 Å². The first-order chi connectivity index (χ1) is 20.0. The molecule has 5 nitrogen and oxygen atoms in total. The summed E-state index contributed by atoms with van der Waals surface area (Å²) in [6, 6.07) is 0.526. The molecule has 2 aromatic heterocycles. The smallest absolute Gasteiger partial charge is 0.130 e. The fraction of sp³-hybridized carbons (Fsp3) is 0.500. The van der Waals surface area contributed by atoms with E-state index in [1.807, 2.05) is 0 Å². The van der Waals surface area contributed by atoms with Crippen LogP contribution < -0.4 is 15.6 Å². The molecule has 0 aromatic carbocycles. The monoisotopic (exact) mass is 548 g/mol. The first-order valence-corrected chi connectivity index (χ1v) is 16.6. The molecule has 0 amide bonds. The number of aromatic nitrogens is 2. The highest BCUT2D eigenvalue weighted by atomic mass is 16.3. The Morgan fingerprint density at radius 2 is 0.927 bits per heavy atom. The molecule has 0 saturated carbocycles. The zero-order chi connectivity index (χ0) is 28.5. The van der Waals surface area contributed by atoms with Crippen molar-refractivity contribution in [3.63, 3.8) is 0 Å². The molecule has 0 N–H and O–H groups in total. The van der Waals surface area contributed by atoms with Crippen LogP contribution in [0.15, 0.2) is 33.7 Å². The molecule has 2 unspecified atom stereocenters. The predicted molar refractivity (Wildman–Crippen MR) is 170 cm³/mol. The molecule has 6 aliphatic rings. The Hall–Kier alpha value is -3.18.